The first-order valence-corrected chi connectivity index (χ1v) is 10.4. The van der Waals surface area contributed by atoms with Crippen molar-refractivity contribution >= 4 is 21.3 Å². The smallest absolute Gasteiger partial charge is 0.312 e. The van der Waals surface area contributed by atoms with Crippen LogP contribution in [0.1, 0.15) is 45.6 Å². The summed E-state index contributed by atoms with van der Waals surface area (Å²) in [5.74, 6) is 0.0318. The molecular formula is C17H22N4O5S. The lowest BCUT2D eigenvalue weighted by Crippen LogP contribution is -2.16. The highest BCUT2D eigenvalue weighted by Gasteiger charge is 2.32. The number of sulfone groups is 1. The van der Waals surface area contributed by atoms with Crippen molar-refractivity contribution in [3.63, 3.8) is 0 Å². The van der Waals surface area contributed by atoms with Crippen LogP contribution in [-0.2, 0) is 16.4 Å². The van der Waals surface area contributed by atoms with Crippen molar-refractivity contribution in [2.75, 3.05) is 11.5 Å². The van der Waals surface area contributed by atoms with E-state index in [0.29, 0.717) is 17.7 Å². The molecule has 0 bridgehead atoms. The molecule has 1 fully saturated rings. The molecule has 3 heterocycles. The Kier molecular flexibility index (Phi) is 4.71. The SMILES string of the molecule is Cc1nn(CC(=O)c2cc(C)n(C3CCS(=O)(=O)C3)c2C)c(C)c1[N+](=O)[O-]. The summed E-state index contributed by atoms with van der Waals surface area (Å²) in [6.45, 7) is 6.65. The van der Waals surface area contributed by atoms with E-state index in [9.17, 15) is 23.3 Å². The van der Waals surface area contributed by atoms with E-state index in [1.54, 1.807) is 26.8 Å². The fourth-order valence-corrected chi connectivity index (χ4v) is 5.63. The highest BCUT2D eigenvalue weighted by molar-refractivity contribution is 7.91. The van der Waals surface area contributed by atoms with E-state index in [1.165, 1.54) is 4.68 Å². The molecule has 2 aromatic rings. The molecule has 0 spiro atoms. The molecule has 1 unspecified atom stereocenters. The van der Waals surface area contributed by atoms with Crippen LogP contribution in [-0.4, -0.2) is 45.0 Å². The third kappa shape index (κ3) is 3.41. The Labute approximate surface area is 157 Å². The molecule has 3 rings (SSSR count). The third-order valence-corrected chi connectivity index (χ3v) is 6.93. The van der Waals surface area contributed by atoms with Gasteiger partial charge >= 0.3 is 5.69 Å². The van der Waals surface area contributed by atoms with Crippen LogP contribution in [0, 0.1) is 37.8 Å². The Balaban J connectivity index is 1.90. The van der Waals surface area contributed by atoms with Gasteiger partial charge in [0.25, 0.3) is 0 Å². The number of Topliss-reactive ketones (excluding diaryl/α,β-unsaturated/α-hetero) is 1. The van der Waals surface area contributed by atoms with Gasteiger partial charge in [0.2, 0.25) is 0 Å². The van der Waals surface area contributed by atoms with E-state index in [4.69, 9.17) is 0 Å². The van der Waals surface area contributed by atoms with E-state index in [2.05, 4.69) is 5.10 Å². The second-order valence-corrected chi connectivity index (χ2v) is 9.30. The lowest BCUT2D eigenvalue weighted by molar-refractivity contribution is -0.386. The highest BCUT2D eigenvalue weighted by atomic mass is 32.2. The number of carbonyl (C=O) groups is 1. The van der Waals surface area contributed by atoms with Crippen LogP contribution in [0.2, 0.25) is 0 Å². The maximum absolute atomic E-state index is 12.8. The van der Waals surface area contributed by atoms with Crippen LogP contribution in [0.25, 0.3) is 0 Å². The van der Waals surface area contributed by atoms with Crippen LogP contribution < -0.4 is 0 Å². The molecule has 0 aromatic carbocycles. The average Bonchev–Trinajstić information content (AvgIpc) is 3.13. The number of nitrogens with zero attached hydrogens (tertiary/aromatic N) is 4. The van der Waals surface area contributed by atoms with Gasteiger partial charge in [-0.05, 0) is 40.2 Å². The first-order chi connectivity index (χ1) is 12.5. The van der Waals surface area contributed by atoms with Crippen LogP contribution in [0.3, 0.4) is 0 Å². The van der Waals surface area contributed by atoms with E-state index < -0.39 is 14.8 Å². The van der Waals surface area contributed by atoms with Crippen molar-refractivity contribution in [3.05, 3.63) is 44.5 Å². The van der Waals surface area contributed by atoms with Gasteiger partial charge in [-0.25, -0.2) is 8.42 Å². The standard InChI is InChI=1S/C17H22N4O5S/c1-10-7-15(12(3)20(10)14-5-6-27(25,26)9-14)16(22)8-19-13(4)17(21(23)24)11(2)18-19/h7,14H,5-6,8-9H2,1-4H3. The van der Waals surface area contributed by atoms with E-state index in [1.807, 2.05) is 11.5 Å². The number of aryl methyl sites for hydroxylation is 2. The Morgan fingerprint density at radius 2 is 1.96 bits per heavy atom. The van der Waals surface area contributed by atoms with Crippen molar-refractivity contribution in [3.8, 4) is 0 Å². The number of hydrogen-bond donors (Lipinski definition) is 0. The Morgan fingerprint density at radius 1 is 1.30 bits per heavy atom. The lowest BCUT2D eigenvalue weighted by Gasteiger charge is -2.16. The summed E-state index contributed by atoms with van der Waals surface area (Å²) in [5, 5.41) is 15.2. The molecule has 0 radical (unpaired) electrons. The molecule has 1 atom stereocenters. The summed E-state index contributed by atoms with van der Waals surface area (Å²) < 4.78 is 26.9. The second-order valence-electron chi connectivity index (χ2n) is 7.07. The van der Waals surface area contributed by atoms with Gasteiger partial charge in [0, 0.05) is 23.0 Å². The highest BCUT2D eigenvalue weighted by Crippen LogP contribution is 2.30. The van der Waals surface area contributed by atoms with Crippen molar-refractivity contribution in [1.29, 1.82) is 0 Å². The zero-order valence-corrected chi connectivity index (χ0v) is 16.5. The minimum absolute atomic E-state index is 0.0792. The van der Waals surface area contributed by atoms with E-state index in [0.717, 1.165) is 11.4 Å². The minimum atomic E-state index is -3.04. The lowest BCUT2D eigenvalue weighted by atomic mass is 10.1. The summed E-state index contributed by atoms with van der Waals surface area (Å²) in [4.78, 5) is 23.5. The van der Waals surface area contributed by atoms with Crippen molar-refractivity contribution in [2.24, 2.45) is 0 Å². The molecular weight excluding hydrogens is 372 g/mol. The molecule has 9 nitrogen and oxygen atoms in total. The molecule has 0 N–H and O–H groups in total. The van der Waals surface area contributed by atoms with Gasteiger partial charge in [0.1, 0.15) is 17.9 Å². The number of ketones is 1. The molecule has 2 aromatic heterocycles. The van der Waals surface area contributed by atoms with E-state index in [-0.39, 0.29) is 41.3 Å². The molecule has 146 valence electrons. The van der Waals surface area contributed by atoms with Gasteiger partial charge in [-0.3, -0.25) is 19.6 Å². The maximum atomic E-state index is 12.8. The number of rotatable bonds is 5. The summed E-state index contributed by atoms with van der Waals surface area (Å²) in [7, 11) is -3.04. The summed E-state index contributed by atoms with van der Waals surface area (Å²) >= 11 is 0. The van der Waals surface area contributed by atoms with Crippen LogP contribution in [0.15, 0.2) is 6.07 Å². The van der Waals surface area contributed by atoms with Gasteiger partial charge in [-0.2, -0.15) is 5.10 Å². The number of hydrogen-bond acceptors (Lipinski definition) is 6. The quantitative estimate of drug-likeness (QED) is 0.435. The summed E-state index contributed by atoms with van der Waals surface area (Å²) in [5.41, 5.74) is 2.57. The molecule has 1 aliphatic heterocycles. The zero-order valence-electron chi connectivity index (χ0n) is 15.7. The number of nitro groups is 1. The first kappa shape index (κ1) is 19.3. The fraction of sp³-hybridized carbons (Fsp3) is 0.529. The number of carbonyl (C=O) groups excluding carboxylic acids is 1. The fourth-order valence-electron chi connectivity index (χ4n) is 3.93. The molecule has 0 amide bonds. The normalized spacial score (nSPS) is 18.7. The average molecular weight is 394 g/mol. The third-order valence-electron chi connectivity index (χ3n) is 5.18. The predicted molar refractivity (Wildman–Crippen MR) is 98.9 cm³/mol. The molecule has 0 aliphatic carbocycles. The van der Waals surface area contributed by atoms with Crippen LogP contribution in [0.5, 0.6) is 0 Å². The van der Waals surface area contributed by atoms with Crippen molar-refractivity contribution < 1.29 is 18.1 Å². The van der Waals surface area contributed by atoms with Gasteiger partial charge in [-0.1, -0.05) is 0 Å². The van der Waals surface area contributed by atoms with E-state index >= 15 is 0 Å². The van der Waals surface area contributed by atoms with Gasteiger partial charge in [-0.15, -0.1) is 0 Å². The van der Waals surface area contributed by atoms with Gasteiger partial charge in [0.05, 0.1) is 16.4 Å². The maximum Gasteiger partial charge on any atom is 0.312 e. The Bertz CT molecular complexity index is 1050. The summed E-state index contributed by atoms with van der Waals surface area (Å²) in [6.07, 6.45) is 0.538. The topological polar surface area (TPSA) is 117 Å². The molecule has 27 heavy (non-hydrogen) atoms. The molecule has 10 heteroatoms. The zero-order chi connectivity index (χ0) is 20.1. The monoisotopic (exact) mass is 394 g/mol. The minimum Gasteiger partial charge on any atom is -0.344 e. The molecule has 1 saturated heterocycles. The molecule has 0 saturated carbocycles. The first-order valence-electron chi connectivity index (χ1n) is 8.62. The predicted octanol–water partition coefficient (Wildman–Crippen LogP) is 2.07. The van der Waals surface area contributed by atoms with Crippen molar-refractivity contribution in [1.82, 2.24) is 14.3 Å². The largest absolute Gasteiger partial charge is 0.344 e. The van der Waals surface area contributed by atoms with Crippen molar-refractivity contribution in [2.45, 2.75) is 46.7 Å². The second kappa shape index (κ2) is 6.59. The molecule has 1 aliphatic rings. The Morgan fingerprint density at radius 3 is 2.48 bits per heavy atom. The Hall–Kier alpha value is -2.49. The van der Waals surface area contributed by atoms with Gasteiger partial charge in [0.15, 0.2) is 15.6 Å². The van der Waals surface area contributed by atoms with Crippen LogP contribution >= 0.6 is 0 Å². The number of aromatic nitrogens is 3. The van der Waals surface area contributed by atoms with Gasteiger partial charge < -0.3 is 4.57 Å². The summed E-state index contributed by atoms with van der Waals surface area (Å²) in [6, 6.07) is 1.59. The van der Waals surface area contributed by atoms with Crippen LogP contribution in [0.4, 0.5) is 5.69 Å².